The van der Waals surface area contributed by atoms with Crippen LogP contribution in [0, 0.1) is 23.2 Å². The van der Waals surface area contributed by atoms with E-state index in [0.717, 1.165) is 81.9 Å². The summed E-state index contributed by atoms with van der Waals surface area (Å²) in [4.78, 5) is 15.0. The van der Waals surface area contributed by atoms with Crippen molar-refractivity contribution in [3.8, 4) is 5.75 Å². The lowest BCUT2D eigenvalue weighted by Crippen LogP contribution is -2.51. The van der Waals surface area contributed by atoms with Gasteiger partial charge in [-0.1, -0.05) is 90.5 Å². The van der Waals surface area contributed by atoms with Crippen molar-refractivity contribution in [2.75, 3.05) is 26.8 Å². The van der Waals surface area contributed by atoms with Crippen LogP contribution in [0.25, 0.3) is 0 Å². The summed E-state index contributed by atoms with van der Waals surface area (Å²) >= 11 is 0. The van der Waals surface area contributed by atoms with Gasteiger partial charge in [0.15, 0.2) is 0 Å². The highest BCUT2D eigenvalue weighted by Crippen LogP contribution is 2.63. The normalized spacial score (nSPS) is 28.8. The number of benzene rings is 1. The Morgan fingerprint density at radius 2 is 1.67 bits per heavy atom. The van der Waals surface area contributed by atoms with Gasteiger partial charge in [-0.3, -0.25) is 4.79 Å². The highest BCUT2D eigenvalue weighted by molar-refractivity contribution is 5.76. The van der Waals surface area contributed by atoms with Crippen molar-refractivity contribution in [3.63, 3.8) is 0 Å². The average Bonchev–Trinajstić information content (AvgIpc) is 3.31. The van der Waals surface area contributed by atoms with Crippen molar-refractivity contribution in [1.82, 2.24) is 4.90 Å². The summed E-state index contributed by atoms with van der Waals surface area (Å²) in [6.07, 6.45) is 19.0. The molecule has 0 saturated heterocycles. The first kappa shape index (κ1) is 36.2. The molecule has 45 heavy (non-hydrogen) atoms. The Morgan fingerprint density at radius 3 is 2.40 bits per heavy atom. The zero-order valence-corrected chi connectivity index (χ0v) is 28.8. The maximum atomic E-state index is 16.0. The summed E-state index contributed by atoms with van der Waals surface area (Å²) in [6, 6.07) is 5.55. The number of ether oxygens (including phenoxy) is 1. The van der Waals surface area contributed by atoms with Gasteiger partial charge in [-0.2, -0.15) is 0 Å². The predicted molar refractivity (Wildman–Crippen MR) is 181 cm³/mol. The molecule has 1 aromatic rings. The number of phenols is 1. The van der Waals surface area contributed by atoms with Crippen LogP contribution in [0.5, 0.6) is 5.75 Å². The summed E-state index contributed by atoms with van der Waals surface area (Å²) in [5, 5.41) is 21.1. The highest BCUT2D eigenvalue weighted by atomic mass is 19.1. The number of phenolic OH excluding ortho intramolecular Hbond substituents is 1. The van der Waals surface area contributed by atoms with Crippen molar-refractivity contribution >= 4 is 5.91 Å². The van der Waals surface area contributed by atoms with Gasteiger partial charge in [-0.15, -0.1) is 0 Å². The Balaban J connectivity index is 1.23. The molecular weight excluding hydrogens is 565 g/mol. The highest BCUT2D eigenvalue weighted by Gasteiger charge is 2.59. The van der Waals surface area contributed by atoms with Crippen LogP contribution in [-0.4, -0.2) is 60.1 Å². The van der Waals surface area contributed by atoms with E-state index in [1.807, 2.05) is 17.0 Å². The number of aliphatic hydroxyl groups excluding tert-OH is 1. The molecule has 3 aliphatic rings. The Kier molecular flexibility index (Phi) is 14.5. The Bertz CT molecular complexity index is 1030. The summed E-state index contributed by atoms with van der Waals surface area (Å²) in [7, 11) is 1.70. The molecule has 1 aromatic carbocycles. The molecule has 0 heterocycles. The standard InChI is InChI=1S/C39H64FNO4/c1-4-5-6-7-8-9-10-11-15-18-36(44)41(24-25-45-3)23-16-13-12-14-17-29-26-30-27-31(42)19-20-32(30)38-34(40)28-39(2)33(37(29)38)21-22-35(39)43/h19-20,27,29,33-35,37-38,42-43H,4-18,21-26,28H2,1-3H3/t29?,33?,34?,35?,37?,38?,39-/m0/s1. The van der Waals surface area contributed by atoms with E-state index in [0.29, 0.717) is 37.8 Å². The number of aliphatic hydroxyl groups is 1. The molecule has 2 N–H and O–H groups in total. The van der Waals surface area contributed by atoms with Crippen molar-refractivity contribution in [1.29, 1.82) is 0 Å². The second kappa shape index (κ2) is 18.0. The van der Waals surface area contributed by atoms with Gasteiger partial charge >= 0.3 is 0 Å². The van der Waals surface area contributed by atoms with E-state index in [-0.39, 0.29) is 28.9 Å². The van der Waals surface area contributed by atoms with Crippen molar-refractivity contribution in [3.05, 3.63) is 29.3 Å². The molecule has 7 atom stereocenters. The zero-order chi connectivity index (χ0) is 32.2. The first-order chi connectivity index (χ1) is 21.8. The van der Waals surface area contributed by atoms with E-state index in [1.54, 1.807) is 13.2 Å². The van der Waals surface area contributed by atoms with E-state index in [9.17, 15) is 15.0 Å². The van der Waals surface area contributed by atoms with Gasteiger partial charge in [0.25, 0.3) is 0 Å². The number of hydrogen-bond acceptors (Lipinski definition) is 4. The monoisotopic (exact) mass is 629 g/mol. The number of halogens is 1. The lowest BCUT2D eigenvalue weighted by molar-refractivity contribution is -0.132. The second-order valence-electron chi connectivity index (χ2n) is 15.0. The summed E-state index contributed by atoms with van der Waals surface area (Å²) in [6.45, 7) is 6.43. The maximum absolute atomic E-state index is 16.0. The van der Waals surface area contributed by atoms with E-state index >= 15 is 4.39 Å². The van der Waals surface area contributed by atoms with E-state index in [2.05, 4.69) is 13.8 Å². The van der Waals surface area contributed by atoms with Crippen molar-refractivity contribution in [2.45, 2.75) is 154 Å². The van der Waals surface area contributed by atoms with E-state index in [1.165, 1.54) is 44.9 Å². The largest absolute Gasteiger partial charge is 0.508 e. The molecule has 6 heteroatoms. The van der Waals surface area contributed by atoms with Gasteiger partial charge in [-0.25, -0.2) is 4.39 Å². The number of methoxy groups -OCH3 is 1. The number of carbonyl (C=O) groups is 1. The third-order valence-corrected chi connectivity index (χ3v) is 11.9. The van der Waals surface area contributed by atoms with Crippen LogP contribution in [0.1, 0.15) is 146 Å². The number of rotatable bonds is 20. The lowest BCUT2D eigenvalue weighted by Gasteiger charge is -2.54. The SMILES string of the molecule is CCCCCCCCCCCC(=O)N(CCCCCCC1Cc2cc(O)ccc2C2C(F)C[C@]3(C)C(O)CCC3C12)CCOC. The van der Waals surface area contributed by atoms with Crippen LogP contribution < -0.4 is 0 Å². The molecule has 0 aromatic heterocycles. The molecule has 0 radical (unpaired) electrons. The van der Waals surface area contributed by atoms with Gasteiger partial charge in [0.1, 0.15) is 11.9 Å². The molecular formula is C39H64FNO4. The Labute approximate surface area is 273 Å². The van der Waals surface area contributed by atoms with Gasteiger partial charge in [0, 0.05) is 32.5 Å². The minimum atomic E-state index is -0.957. The van der Waals surface area contributed by atoms with Crippen LogP contribution in [0.4, 0.5) is 4.39 Å². The number of fused-ring (bicyclic) bond motifs is 5. The molecule has 6 unspecified atom stereocenters. The molecule has 2 fully saturated rings. The minimum Gasteiger partial charge on any atom is -0.508 e. The van der Waals surface area contributed by atoms with E-state index < -0.39 is 12.3 Å². The maximum Gasteiger partial charge on any atom is 0.222 e. The number of nitrogens with zero attached hydrogens (tertiary/aromatic N) is 1. The first-order valence-corrected chi connectivity index (χ1v) is 18.7. The zero-order valence-electron chi connectivity index (χ0n) is 28.8. The van der Waals surface area contributed by atoms with Gasteiger partial charge in [0.05, 0.1) is 12.7 Å². The average molecular weight is 630 g/mol. The number of carbonyl (C=O) groups excluding carboxylic acids is 1. The van der Waals surface area contributed by atoms with E-state index in [4.69, 9.17) is 4.74 Å². The Hall–Kier alpha value is -1.66. The minimum absolute atomic E-state index is 0.131. The van der Waals surface area contributed by atoms with Crippen LogP contribution in [0.2, 0.25) is 0 Å². The third-order valence-electron chi connectivity index (χ3n) is 11.9. The number of hydrogen-bond donors (Lipinski definition) is 2. The molecule has 5 nitrogen and oxygen atoms in total. The van der Waals surface area contributed by atoms with Crippen molar-refractivity contribution < 1.29 is 24.1 Å². The fraction of sp³-hybridized carbons (Fsp3) is 0.821. The van der Waals surface area contributed by atoms with Crippen LogP contribution in [0.15, 0.2) is 18.2 Å². The number of alkyl halides is 1. The number of unbranched alkanes of at least 4 members (excludes halogenated alkanes) is 11. The van der Waals surface area contributed by atoms with Gasteiger partial charge in [-0.05, 0) is 91.4 Å². The number of amides is 1. The molecule has 1 amide bonds. The summed E-state index contributed by atoms with van der Waals surface area (Å²) in [5.41, 5.74) is 1.87. The fourth-order valence-corrected chi connectivity index (χ4v) is 9.40. The molecule has 0 aliphatic heterocycles. The topological polar surface area (TPSA) is 70.0 Å². The quantitative estimate of drug-likeness (QED) is 0.141. The molecule has 256 valence electrons. The second-order valence-corrected chi connectivity index (χ2v) is 15.0. The number of aromatic hydroxyl groups is 1. The van der Waals surface area contributed by atoms with Crippen LogP contribution in [0.3, 0.4) is 0 Å². The fourth-order valence-electron chi connectivity index (χ4n) is 9.40. The third kappa shape index (κ3) is 9.46. The lowest BCUT2D eigenvalue weighted by atomic mass is 9.51. The van der Waals surface area contributed by atoms with Gasteiger partial charge < -0.3 is 19.8 Å². The summed E-state index contributed by atoms with van der Waals surface area (Å²) < 4.78 is 21.3. The molecule has 2 saturated carbocycles. The smallest absolute Gasteiger partial charge is 0.222 e. The summed E-state index contributed by atoms with van der Waals surface area (Å²) in [5.74, 6) is 1.37. The predicted octanol–water partition coefficient (Wildman–Crippen LogP) is 9.13. The molecule has 4 rings (SSSR count). The van der Waals surface area contributed by atoms with Crippen molar-refractivity contribution in [2.24, 2.45) is 23.2 Å². The molecule has 0 bridgehead atoms. The molecule has 3 aliphatic carbocycles. The first-order valence-electron chi connectivity index (χ1n) is 18.7. The van der Waals surface area contributed by atoms with Crippen LogP contribution >= 0.6 is 0 Å². The van der Waals surface area contributed by atoms with Crippen LogP contribution in [-0.2, 0) is 16.0 Å². The van der Waals surface area contributed by atoms with Gasteiger partial charge in [0.2, 0.25) is 5.91 Å². The Morgan fingerprint density at radius 1 is 0.978 bits per heavy atom. The molecule has 0 spiro atoms.